The molecule has 0 saturated heterocycles. The van der Waals surface area contributed by atoms with Crippen molar-refractivity contribution in [2.24, 2.45) is 0 Å². The molecule has 0 aromatic heterocycles. The Morgan fingerprint density at radius 2 is 1.62 bits per heavy atom. The zero-order valence-corrected chi connectivity index (χ0v) is 14.8. The molecule has 3 aromatic rings. The van der Waals surface area contributed by atoms with E-state index in [9.17, 15) is 5.11 Å². The van der Waals surface area contributed by atoms with Gasteiger partial charge in [-0.15, -0.1) is 0 Å². The largest absolute Gasteiger partial charge is 0.497 e. The van der Waals surface area contributed by atoms with E-state index in [0.717, 1.165) is 29.1 Å². The van der Waals surface area contributed by atoms with Crippen molar-refractivity contribution in [2.75, 3.05) is 12.4 Å². The summed E-state index contributed by atoms with van der Waals surface area (Å²) in [5, 5.41) is 13.7. The van der Waals surface area contributed by atoms with E-state index in [4.69, 9.17) is 4.74 Å². The van der Waals surface area contributed by atoms with Gasteiger partial charge in [-0.1, -0.05) is 66.7 Å². The third-order valence-electron chi connectivity index (χ3n) is 4.18. The monoisotopic (exact) mass is 345 g/mol. The number of aliphatic hydroxyl groups is 1. The second-order valence-electron chi connectivity index (χ2n) is 6.04. The van der Waals surface area contributed by atoms with Crippen molar-refractivity contribution in [3.63, 3.8) is 0 Å². The average Bonchev–Trinajstić information content (AvgIpc) is 2.72. The minimum absolute atomic E-state index is 0.642. The summed E-state index contributed by atoms with van der Waals surface area (Å²) in [5.41, 5.74) is 4.20. The Morgan fingerprint density at radius 1 is 0.923 bits per heavy atom. The highest BCUT2D eigenvalue weighted by atomic mass is 16.5. The van der Waals surface area contributed by atoms with Gasteiger partial charge in [-0.05, 0) is 41.0 Å². The Bertz CT molecular complexity index is 824. The molecule has 0 aliphatic rings. The molecule has 26 heavy (non-hydrogen) atoms. The van der Waals surface area contributed by atoms with Crippen molar-refractivity contribution in [1.82, 2.24) is 0 Å². The molecule has 0 spiro atoms. The first-order chi connectivity index (χ1) is 12.7. The Hall–Kier alpha value is -3.04. The Kier molecular flexibility index (Phi) is 6.07. The van der Waals surface area contributed by atoms with Crippen molar-refractivity contribution in [1.29, 1.82) is 0 Å². The van der Waals surface area contributed by atoms with Gasteiger partial charge in [-0.25, -0.2) is 0 Å². The van der Waals surface area contributed by atoms with Crippen molar-refractivity contribution < 1.29 is 9.84 Å². The highest BCUT2D eigenvalue weighted by Gasteiger charge is 2.03. The Morgan fingerprint density at radius 3 is 2.27 bits per heavy atom. The van der Waals surface area contributed by atoms with E-state index in [-0.39, 0.29) is 0 Å². The zero-order chi connectivity index (χ0) is 18.2. The van der Waals surface area contributed by atoms with Gasteiger partial charge in [0.25, 0.3) is 0 Å². The van der Waals surface area contributed by atoms with Crippen LogP contribution in [0.4, 0.5) is 5.69 Å². The third kappa shape index (κ3) is 4.98. The topological polar surface area (TPSA) is 41.5 Å². The first-order valence-electron chi connectivity index (χ1n) is 8.63. The number of methoxy groups -OCH3 is 1. The number of benzene rings is 3. The fourth-order valence-electron chi connectivity index (χ4n) is 2.63. The number of rotatable bonds is 7. The summed E-state index contributed by atoms with van der Waals surface area (Å²) in [6.45, 7) is 0.798. The number of hydrogen-bond donors (Lipinski definition) is 2. The summed E-state index contributed by atoms with van der Waals surface area (Å²) in [6.07, 6.45) is 3.07. The molecule has 2 N–H and O–H groups in total. The van der Waals surface area contributed by atoms with E-state index < -0.39 is 6.10 Å². The summed E-state index contributed by atoms with van der Waals surface area (Å²) in [4.78, 5) is 0. The molecule has 0 heterocycles. The molecule has 0 aliphatic heterocycles. The molecule has 132 valence electrons. The summed E-state index contributed by atoms with van der Waals surface area (Å²) < 4.78 is 5.13. The molecule has 0 aliphatic carbocycles. The molecule has 3 rings (SSSR count). The minimum atomic E-state index is -0.642. The number of anilines is 1. The van der Waals surface area contributed by atoms with E-state index in [1.54, 1.807) is 13.2 Å². The van der Waals surface area contributed by atoms with Crippen molar-refractivity contribution >= 4 is 11.8 Å². The molecule has 0 radical (unpaired) electrons. The fraction of sp³-hybridized carbons (Fsp3) is 0.130. The van der Waals surface area contributed by atoms with Gasteiger partial charge in [0.2, 0.25) is 0 Å². The maximum Gasteiger partial charge on any atom is 0.118 e. The predicted octanol–water partition coefficient (Wildman–Crippen LogP) is 5.05. The fourth-order valence-corrected chi connectivity index (χ4v) is 2.63. The Balaban J connectivity index is 1.56. The van der Waals surface area contributed by atoms with Crippen LogP contribution >= 0.6 is 0 Å². The summed E-state index contributed by atoms with van der Waals surface area (Å²) in [6, 6.07) is 25.9. The smallest absolute Gasteiger partial charge is 0.118 e. The summed E-state index contributed by atoms with van der Waals surface area (Å²) >= 11 is 0. The molecule has 3 heteroatoms. The van der Waals surface area contributed by atoms with Crippen LogP contribution in [0, 0.1) is 0 Å². The normalized spacial score (nSPS) is 12.1. The van der Waals surface area contributed by atoms with E-state index in [1.807, 2.05) is 72.8 Å². The quantitative estimate of drug-likeness (QED) is 0.629. The Labute approximate surface area is 154 Å². The lowest BCUT2D eigenvalue weighted by Gasteiger charge is -2.08. The van der Waals surface area contributed by atoms with Crippen molar-refractivity contribution in [2.45, 2.75) is 12.6 Å². The molecule has 3 aromatic carbocycles. The summed E-state index contributed by atoms with van der Waals surface area (Å²) in [5.74, 6) is 0.781. The van der Waals surface area contributed by atoms with Crippen LogP contribution in [0.25, 0.3) is 6.08 Å². The van der Waals surface area contributed by atoms with E-state index in [0.29, 0.717) is 0 Å². The van der Waals surface area contributed by atoms with Crippen LogP contribution in [0.3, 0.4) is 0 Å². The van der Waals surface area contributed by atoms with Crippen LogP contribution in [-0.4, -0.2) is 12.2 Å². The van der Waals surface area contributed by atoms with E-state index >= 15 is 0 Å². The van der Waals surface area contributed by atoms with E-state index in [1.165, 1.54) is 5.56 Å². The third-order valence-corrected chi connectivity index (χ3v) is 4.18. The molecule has 0 bridgehead atoms. The van der Waals surface area contributed by atoms with Gasteiger partial charge in [0.15, 0.2) is 0 Å². The lowest BCUT2D eigenvalue weighted by atomic mass is 10.1. The van der Waals surface area contributed by atoms with Gasteiger partial charge >= 0.3 is 0 Å². The van der Waals surface area contributed by atoms with Gasteiger partial charge in [0.05, 0.1) is 13.2 Å². The molecule has 1 unspecified atom stereocenters. The zero-order valence-electron chi connectivity index (χ0n) is 14.8. The van der Waals surface area contributed by atoms with Gasteiger partial charge in [-0.2, -0.15) is 0 Å². The SMILES string of the molecule is COc1ccc(C(O)C=Cc2ccc(NCc3ccccc3)cc2)cc1. The van der Waals surface area contributed by atoms with Crippen LogP contribution in [0.15, 0.2) is 84.9 Å². The van der Waals surface area contributed by atoms with Gasteiger partial charge in [0, 0.05) is 12.2 Å². The molecule has 0 fully saturated rings. The van der Waals surface area contributed by atoms with Crippen LogP contribution in [0.2, 0.25) is 0 Å². The number of aliphatic hydroxyl groups excluding tert-OH is 1. The van der Waals surface area contributed by atoms with Gasteiger partial charge in [-0.3, -0.25) is 0 Å². The lowest BCUT2D eigenvalue weighted by Crippen LogP contribution is -1.98. The van der Waals surface area contributed by atoms with Crippen LogP contribution in [0.1, 0.15) is 22.8 Å². The van der Waals surface area contributed by atoms with Crippen molar-refractivity contribution in [3.8, 4) is 5.75 Å². The lowest BCUT2D eigenvalue weighted by molar-refractivity contribution is 0.229. The standard InChI is InChI=1S/C23H23NO2/c1-26-22-14-10-20(11-15-22)23(25)16-9-18-7-12-21(13-8-18)24-17-19-5-3-2-4-6-19/h2-16,23-25H,17H2,1H3. The molecule has 0 saturated carbocycles. The van der Waals surface area contributed by atoms with Gasteiger partial charge in [0.1, 0.15) is 5.75 Å². The maximum atomic E-state index is 10.3. The minimum Gasteiger partial charge on any atom is -0.497 e. The van der Waals surface area contributed by atoms with E-state index in [2.05, 4.69) is 17.4 Å². The van der Waals surface area contributed by atoms with Crippen LogP contribution in [0.5, 0.6) is 5.75 Å². The highest BCUT2D eigenvalue weighted by Crippen LogP contribution is 2.20. The predicted molar refractivity (Wildman–Crippen MR) is 107 cm³/mol. The number of ether oxygens (including phenoxy) is 1. The van der Waals surface area contributed by atoms with Crippen LogP contribution < -0.4 is 10.1 Å². The first-order valence-corrected chi connectivity index (χ1v) is 8.63. The maximum absolute atomic E-state index is 10.3. The number of hydrogen-bond acceptors (Lipinski definition) is 3. The first kappa shape index (κ1) is 17.8. The molecular weight excluding hydrogens is 322 g/mol. The molecular formula is C23H23NO2. The molecule has 0 amide bonds. The number of nitrogens with one attached hydrogen (secondary N) is 1. The molecule has 3 nitrogen and oxygen atoms in total. The second kappa shape index (κ2) is 8.88. The van der Waals surface area contributed by atoms with Gasteiger partial charge < -0.3 is 15.2 Å². The summed E-state index contributed by atoms with van der Waals surface area (Å²) in [7, 11) is 1.63. The molecule has 1 atom stereocenters. The second-order valence-corrected chi connectivity index (χ2v) is 6.04. The van der Waals surface area contributed by atoms with Crippen molar-refractivity contribution in [3.05, 3.63) is 102 Å². The highest BCUT2D eigenvalue weighted by molar-refractivity contribution is 5.55. The average molecular weight is 345 g/mol. The van der Waals surface area contributed by atoms with Crippen LogP contribution in [-0.2, 0) is 6.54 Å².